The molecule has 88 valence electrons. The first-order valence-corrected chi connectivity index (χ1v) is 5.73. The molecule has 16 heavy (non-hydrogen) atoms. The normalized spacial score (nSPS) is 12.2. The molecule has 1 aromatic rings. The van der Waals surface area contributed by atoms with E-state index in [9.17, 15) is 4.79 Å². The lowest BCUT2D eigenvalue weighted by atomic mass is 10.1. The van der Waals surface area contributed by atoms with Crippen LogP contribution in [-0.2, 0) is 11.2 Å². The van der Waals surface area contributed by atoms with Gasteiger partial charge < -0.3 is 11.1 Å². The lowest BCUT2D eigenvalue weighted by Gasteiger charge is -2.08. The highest BCUT2D eigenvalue weighted by Crippen LogP contribution is 2.20. The van der Waals surface area contributed by atoms with Crippen LogP contribution in [0.4, 0.5) is 0 Å². The monoisotopic (exact) mass is 260 g/mol. The highest BCUT2D eigenvalue weighted by Gasteiger charge is 2.06. The van der Waals surface area contributed by atoms with E-state index in [2.05, 4.69) is 5.32 Å². The molecule has 0 aliphatic heterocycles. The Kier molecular flexibility index (Phi) is 5.06. The molecule has 3 nitrogen and oxygen atoms in total. The second-order valence-electron chi connectivity index (χ2n) is 3.57. The van der Waals surface area contributed by atoms with Crippen LogP contribution in [0, 0.1) is 0 Å². The molecule has 0 radical (unpaired) electrons. The van der Waals surface area contributed by atoms with Crippen molar-refractivity contribution in [2.75, 3.05) is 6.54 Å². The van der Waals surface area contributed by atoms with Crippen LogP contribution >= 0.6 is 23.2 Å². The van der Waals surface area contributed by atoms with E-state index in [1.807, 2.05) is 6.07 Å². The van der Waals surface area contributed by atoms with E-state index in [0.29, 0.717) is 23.0 Å². The van der Waals surface area contributed by atoms with Crippen molar-refractivity contribution in [2.24, 2.45) is 5.73 Å². The summed E-state index contributed by atoms with van der Waals surface area (Å²) in [6, 6.07) is 4.82. The predicted molar refractivity (Wildman–Crippen MR) is 66.8 cm³/mol. The molecule has 0 spiro atoms. The average Bonchev–Trinajstić information content (AvgIpc) is 2.20. The van der Waals surface area contributed by atoms with Crippen molar-refractivity contribution in [1.82, 2.24) is 5.32 Å². The molecule has 0 heterocycles. The first-order chi connectivity index (χ1) is 7.50. The summed E-state index contributed by atoms with van der Waals surface area (Å²) in [5.41, 5.74) is 6.36. The third kappa shape index (κ3) is 4.00. The molecular weight excluding hydrogens is 247 g/mol. The van der Waals surface area contributed by atoms with Crippen molar-refractivity contribution in [3.05, 3.63) is 33.8 Å². The maximum absolute atomic E-state index is 11.2. The van der Waals surface area contributed by atoms with Gasteiger partial charge in [-0.05, 0) is 31.0 Å². The molecule has 1 rings (SSSR count). The molecule has 0 saturated heterocycles. The van der Waals surface area contributed by atoms with Gasteiger partial charge in [-0.2, -0.15) is 0 Å². The van der Waals surface area contributed by atoms with Crippen LogP contribution in [0.1, 0.15) is 12.5 Å². The molecular formula is C11H14Cl2N2O. The SMILES string of the molecule is CC(N)C(=O)NCCc1ccc(Cl)cc1Cl. The van der Waals surface area contributed by atoms with Gasteiger partial charge in [0.1, 0.15) is 0 Å². The highest BCUT2D eigenvalue weighted by molar-refractivity contribution is 6.35. The van der Waals surface area contributed by atoms with Gasteiger partial charge in [-0.3, -0.25) is 4.79 Å². The number of rotatable bonds is 4. The fourth-order valence-corrected chi connectivity index (χ4v) is 1.71. The summed E-state index contributed by atoms with van der Waals surface area (Å²) in [6.45, 7) is 2.16. The minimum Gasteiger partial charge on any atom is -0.354 e. The van der Waals surface area contributed by atoms with Gasteiger partial charge in [-0.1, -0.05) is 29.3 Å². The molecule has 3 N–H and O–H groups in total. The number of nitrogens with one attached hydrogen (secondary N) is 1. The summed E-state index contributed by atoms with van der Waals surface area (Å²) in [7, 11) is 0. The van der Waals surface area contributed by atoms with Crippen molar-refractivity contribution in [3.8, 4) is 0 Å². The topological polar surface area (TPSA) is 55.1 Å². The summed E-state index contributed by atoms with van der Waals surface area (Å²) in [5.74, 6) is -0.162. The Hall–Kier alpha value is -0.770. The molecule has 0 fully saturated rings. The summed E-state index contributed by atoms with van der Waals surface area (Å²) in [6.07, 6.45) is 0.661. The van der Waals surface area contributed by atoms with E-state index in [0.717, 1.165) is 5.56 Å². The van der Waals surface area contributed by atoms with Crippen molar-refractivity contribution in [3.63, 3.8) is 0 Å². The van der Waals surface area contributed by atoms with Crippen LogP contribution < -0.4 is 11.1 Å². The van der Waals surface area contributed by atoms with Gasteiger partial charge in [-0.25, -0.2) is 0 Å². The van der Waals surface area contributed by atoms with Crippen molar-refractivity contribution >= 4 is 29.1 Å². The first kappa shape index (κ1) is 13.3. The lowest BCUT2D eigenvalue weighted by Crippen LogP contribution is -2.39. The molecule has 0 aliphatic carbocycles. The van der Waals surface area contributed by atoms with Crippen LogP contribution in [0.2, 0.25) is 10.0 Å². The van der Waals surface area contributed by atoms with E-state index < -0.39 is 6.04 Å². The Morgan fingerprint density at radius 2 is 2.19 bits per heavy atom. The molecule has 0 aromatic heterocycles. The Balaban J connectivity index is 2.46. The van der Waals surface area contributed by atoms with E-state index in [-0.39, 0.29) is 5.91 Å². The van der Waals surface area contributed by atoms with Crippen LogP contribution in [0.15, 0.2) is 18.2 Å². The van der Waals surface area contributed by atoms with Gasteiger partial charge >= 0.3 is 0 Å². The second-order valence-corrected chi connectivity index (χ2v) is 4.41. The Morgan fingerprint density at radius 3 is 2.75 bits per heavy atom. The summed E-state index contributed by atoms with van der Waals surface area (Å²) in [5, 5.41) is 3.94. The lowest BCUT2D eigenvalue weighted by molar-refractivity contribution is -0.121. The molecule has 0 bridgehead atoms. The highest BCUT2D eigenvalue weighted by atomic mass is 35.5. The molecule has 0 aliphatic rings. The van der Waals surface area contributed by atoms with Gasteiger partial charge in [0.25, 0.3) is 0 Å². The molecule has 1 amide bonds. The van der Waals surface area contributed by atoms with Crippen LogP contribution in [0.25, 0.3) is 0 Å². The second kappa shape index (κ2) is 6.09. The van der Waals surface area contributed by atoms with Crippen molar-refractivity contribution in [2.45, 2.75) is 19.4 Å². The predicted octanol–water partition coefficient (Wildman–Crippen LogP) is 2.00. The Labute approximate surface area is 105 Å². The summed E-state index contributed by atoms with van der Waals surface area (Å²) < 4.78 is 0. The van der Waals surface area contributed by atoms with E-state index >= 15 is 0 Å². The summed E-state index contributed by atoms with van der Waals surface area (Å²) >= 11 is 11.8. The zero-order valence-electron chi connectivity index (χ0n) is 8.97. The maximum atomic E-state index is 11.2. The van der Waals surface area contributed by atoms with E-state index in [1.165, 1.54) is 0 Å². The zero-order chi connectivity index (χ0) is 12.1. The van der Waals surface area contributed by atoms with E-state index in [4.69, 9.17) is 28.9 Å². The van der Waals surface area contributed by atoms with Gasteiger partial charge in [0, 0.05) is 16.6 Å². The standard InChI is InChI=1S/C11H14Cl2N2O/c1-7(14)11(16)15-5-4-8-2-3-9(12)6-10(8)13/h2-3,6-7H,4-5,14H2,1H3,(H,15,16). The molecule has 0 saturated carbocycles. The van der Waals surface area contributed by atoms with Gasteiger partial charge in [0.15, 0.2) is 0 Å². The minimum absolute atomic E-state index is 0.162. The van der Waals surface area contributed by atoms with Gasteiger partial charge in [0.2, 0.25) is 5.91 Å². The number of carbonyl (C=O) groups excluding carboxylic acids is 1. The number of benzene rings is 1. The number of hydrogen-bond donors (Lipinski definition) is 2. The average molecular weight is 261 g/mol. The number of hydrogen-bond acceptors (Lipinski definition) is 2. The third-order valence-corrected chi connectivity index (χ3v) is 2.71. The largest absolute Gasteiger partial charge is 0.354 e. The molecule has 5 heteroatoms. The van der Waals surface area contributed by atoms with Crippen LogP contribution in [0.3, 0.4) is 0 Å². The third-order valence-electron chi connectivity index (χ3n) is 2.12. The fraction of sp³-hybridized carbons (Fsp3) is 0.364. The van der Waals surface area contributed by atoms with Gasteiger partial charge in [0.05, 0.1) is 6.04 Å². The summed E-state index contributed by atoms with van der Waals surface area (Å²) in [4.78, 5) is 11.2. The number of halogens is 2. The smallest absolute Gasteiger partial charge is 0.236 e. The minimum atomic E-state index is -0.485. The van der Waals surface area contributed by atoms with Gasteiger partial charge in [-0.15, -0.1) is 0 Å². The van der Waals surface area contributed by atoms with Crippen molar-refractivity contribution < 1.29 is 4.79 Å². The molecule has 1 atom stereocenters. The number of amides is 1. The first-order valence-electron chi connectivity index (χ1n) is 4.98. The van der Waals surface area contributed by atoms with Crippen LogP contribution in [-0.4, -0.2) is 18.5 Å². The fourth-order valence-electron chi connectivity index (χ4n) is 1.21. The quantitative estimate of drug-likeness (QED) is 0.870. The Morgan fingerprint density at radius 1 is 1.50 bits per heavy atom. The van der Waals surface area contributed by atoms with Crippen LogP contribution in [0.5, 0.6) is 0 Å². The van der Waals surface area contributed by atoms with E-state index in [1.54, 1.807) is 19.1 Å². The van der Waals surface area contributed by atoms with Crippen molar-refractivity contribution in [1.29, 1.82) is 0 Å². The zero-order valence-corrected chi connectivity index (χ0v) is 10.5. The number of nitrogens with two attached hydrogens (primary N) is 1. The molecule has 1 unspecified atom stereocenters. The molecule has 1 aromatic carbocycles. The maximum Gasteiger partial charge on any atom is 0.236 e. The number of carbonyl (C=O) groups is 1. The Bertz CT molecular complexity index is 380.